The van der Waals surface area contributed by atoms with Crippen molar-refractivity contribution >= 4 is 21.8 Å². The average Bonchev–Trinajstić information content (AvgIpc) is 3.87. The normalized spacial score (nSPS) is 12.4. The molecule has 0 aliphatic heterocycles. The summed E-state index contributed by atoms with van der Waals surface area (Å²) in [6, 6.07) is 54.9. The Labute approximate surface area is 406 Å². The second-order valence-electron chi connectivity index (χ2n) is 21.5. The molecule has 6 heteroatoms. The number of hydrogen-bond donors (Lipinski definition) is 0. The molecule has 6 aromatic carbocycles. The van der Waals surface area contributed by atoms with Crippen LogP contribution in [-0.4, -0.2) is 14.1 Å². The van der Waals surface area contributed by atoms with E-state index in [4.69, 9.17) is 9.72 Å². The Morgan fingerprint density at radius 2 is 1.15 bits per heavy atom. The maximum Gasteiger partial charge on any atom is 0.267 e. The van der Waals surface area contributed by atoms with Gasteiger partial charge >= 0.3 is 0 Å². The van der Waals surface area contributed by atoms with Gasteiger partial charge in [0.15, 0.2) is 0 Å². The van der Waals surface area contributed by atoms with E-state index in [2.05, 4.69) is 249 Å². The molecule has 0 aliphatic rings. The van der Waals surface area contributed by atoms with Crippen molar-refractivity contribution in [2.24, 2.45) is 0 Å². The van der Waals surface area contributed by atoms with Gasteiger partial charge in [-0.2, -0.15) is 17.7 Å². The van der Waals surface area contributed by atoms with E-state index >= 15 is 0 Å². The fraction of sp³-hybridized carbons (Fsp3) is 0.267. The number of rotatable bonds is 7. The van der Waals surface area contributed by atoms with E-state index in [-0.39, 0.29) is 42.7 Å². The Morgan fingerprint density at radius 1 is 0.545 bits per heavy atom. The molecule has 0 bridgehead atoms. The van der Waals surface area contributed by atoms with Crippen molar-refractivity contribution in [1.29, 1.82) is 0 Å². The summed E-state index contributed by atoms with van der Waals surface area (Å²) in [5.74, 6) is 2.07. The van der Waals surface area contributed by atoms with Crippen LogP contribution in [0.3, 0.4) is 0 Å². The zero-order valence-electron chi connectivity index (χ0n) is 40.4. The topological polar surface area (TPSA) is 35.9 Å². The third-order valence-corrected chi connectivity index (χ3v) is 12.3. The van der Waals surface area contributed by atoms with Crippen LogP contribution < -0.4 is 9.30 Å². The summed E-state index contributed by atoms with van der Waals surface area (Å²) in [6.07, 6.45) is 7.95. The average molecular weight is 1050 g/mol. The SMILES string of the molecule is CC(C)(C)c1cc(Oc2[c-]c3c(cc2)c2ccccc2n3-c2cc(C(C)(C)C)ccn2)[c-]c(-n2[c-][n+](-c3cc(-c4ccccc4)c(C(C)(C)C)c(-c4ccccc4)c3)cc2C(C)(C)C)c1.[Pt]. The Kier molecular flexibility index (Phi) is 12.2. The van der Waals surface area contributed by atoms with Gasteiger partial charge in [0.1, 0.15) is 5.82 Å². The van der Waals surface area contributed by atoms with Gasteiger partial charge in [0.05, 0.1) is 11.4 Å². The number of imidazole rings is 1. The number of fused-ring (bicyclic) bond motifs is 3. The summed E-state index contributed by atoms with van der Waals surface area (Å²) in [7, 11) is 0. The van der Waals surface area contributed by atoms with Gasteiger partial charge in [0.2, 0.25) is 0 Å². The van der Waals surface area contributed by atoms with Crippen LogP contribution in [0.4, 0.5) is 0 Å². The first-order valence-corrected chi connectivity index (χ1v) is 22.8. The molecule has 0 atom stereocenters. The molecular formula is C60H60N4OPt-2. The molecule has 338 valence electrons. The Bertz CT molecular complexity index is 3140. The van der Waals surface area contributed by atoms with Crippen LogP contribution in [0.15, 0.2) is 146 Å². The molecule has 0 aliphatic carbocycles. The molecule has 5 nitrogen and oxygen atoms in total. The first-order valence-electron chi connectivity index (χ1n) is 22.8. The van der Waals surface area contributed by atoms with Gasteiger partial charge in [-0.1, -0.05) is 167 Å². The fourth-order valence-electron chi connectivity index (χ4n) is 8.91. The molecule has 66 heavy (non-hydrogen) atoms. The maximum absolute atomic E-state index is 6.86. The van der Waals surface area contributed by atoms with Gasteiger partial charge in [-0.15, -0.1) is 29.7 Å². The molecule has 0 radical (unpaired) electrons. The molecule has 3 heterocycles. The van der Waals surface area contributed by atoms with E-state index in [1.54, 1.807) is 0 Å². The summed E-state index contributed by atoms with van der Waals surface area (Å²) in [6.45, 7) is 27.1. The van der Waals surface area contributed by atoms with Crippen LogP contribution >= 0.6 is 0 Å². The third kappa shape index (κ3) is 9.08. The zero-order chi connectivity index (χ0) is 46.1. The minimum absolute atomic E-state index is 0. The van der Waals surface area contributed by atoms with Gasteiger partial charge in [0, 0.05) is 50.5 Å². The Morgan fingerprint density at radius 3 is 1.74 bits per heavy atom. The molecule has 9 rings (SSSR count). The predicted molar refractivity (Wildman–Crippen MR) is 268 cm³/mol. The van der Waals surface area contributed by atoms with E-state index in [0.717, 1.165) is 50.3 Å². The molecular weight excluding hydrogens is 988 g/mol. The summed E-state index contributed by atoms with van der Waals surface area (Å²) < 4.78 is 13.4. The standard InChI is InChI=1S/C60H60N4O.Pt/c1-57(2,3)42-29-30-61-55(33-42)64-52-26-20-19-25-48(52)49-28-27-46(37-53(49)64)65-47-32-43(58(4,5)6)31-45(34-47)63-39-62(38-54(63)59(7,8)9)44-35-50(40-21-15-13-16-22-40)56(60(10,11)12)51(36-44)41-23-17-14-18-24-41;/h13-33,35-36,38H,1-12H3;/q-2;. The number of hydrogen-bond acceptors (Lipinski definition) is 2. The maximum atomic E-state index is 6.86. The van der Waals surface area contributed by atoms with Crippen molar-refractivity contribution in [3.05, 3.63) is 187 Å². The van der Waals surface area contributed by atoms with Gasteiger partial charge in [0.25, 0.3) is 6.33 Å². The van der Waals surface area contributed by atoms with E-state index in [9.17, 15) is 0 Å². The third-order valence-electron chi connectivity index (χ3n) is 12.3. The number of pyridine rings is 1. The van der Waals surface area contributed by atoms with Crippen LogP contribution in [-0.2, 0) is 42.7 Å². The second kappa shape index (κ2) is 17.3. The largest absolute Gasteiger partial charge is 0.510 e. The quantitative estimate of drug-likeness (QED) is 0.118. The minimum atomic E-state index is -0.241. The van der Waals surface area contributed by atoms with E-state index in [1.165, 1.54) is 33.4 Å². The molecule has 3 aromatic heterocycles. The van der Waals surface area contributed by atoms with Gasteiger partial charge in [-0.3, -0.25) is 4.57 Å². The fourth-order valence-corrected chi connectivity index (χ4v) is 8.91. The molecule has 0 saturated heterocycles. The first-order chi connectivity index (χ1) is 30.7. The van der Waals surface area contributed by atoms with Gasteiger partial charge in [-0.25, -0.2) is 4.98 Å². The first kappa shape index (κ1) is 46.5. The summed E-state index contributed by atoms with van der Waals surface area (Å²) >= 11 is 0. The molecule has 0 amide bonds. The van der Waals surface area contributed by atoms with Crippen molar-refractivity contribution in [2.75, 3.05) is 0 Å². The molecule has 0 saturated carbocycles. The van der Waals surface area contributed by atoms with Crippen molar-refractivity contribution < 1.29 is 30.4 Å². The minimum Gasteiger partial charge on any atom is -0.510 e. The Balaban J connectivity index is 0.00000592. The molecule has 0 unspecified atom stereocenters. The van der Waals surface area contributed by atoms with Crippen LogP contribution in [0.25, 0.3) is 61.3 Å². The van der Waals surface area contributed by atoms with E-state index in [0.29, 0.717) is 11.5 Å². The van der Waals surface area contributed by atoms with Crippen LogP contribution in [0.2, 0.25) is 0 Å². The van der Waals surface area contributed by atoms with E-state index in [1.807, 2.05) is 12.3 Å². The number of nitrogens with zero attached hydrogens (tertiary/aromatic N) is 4. The van der Waals surface area contributed by atoms with Crippen LogP contribution in [0.1, 0.15) is 105 Å². The van der Waals surface area contributed by atoms with E-state index < -0.39 is 0 Å². The number of aromatic nitrogens is 4. The number of benzene rings is 6. The second-order valence-corrected chi connectivity index (χ2v) is 21.5. The summed E-state index contributed by atoms with van der Waals surface area (Å²) in [5, 5.41) is 2.23. The monoisotopic (exact) mass is 1050 g/mol. The van der Waals surface area contributed by atoms with Crippen molar-refractivity contribution in [3.8, 4) is 50.9 Å². The van der Waals surface area contributed by atoms with Crippen molar-refractivity contribution in [2.45, 2.75) is 105 Å². The summed E-state index contributed by atoms with van der Waals surface area (Å²) in [5.41, 5.74) is 12.8. The van der Waals surface area contributed by atoms with Crippen molar-refractivity contribution in [3.63, 3.8) is 0 Å². The molecule has 9 aromatic rings. The smallest absolute Gasteiger partial charge is 0.267 e. The van der Waals surface area contributed by atoms with Crippen LogP contribution in [0.5, 0.6) is 11.5 Å². The zero-order valence-corrected chi connectivity index (χ0v) is 42.6. The molecule has 0 fully saturated rings. The van der Waals surface area contributed by atoms with Crippen molar-refractivity contribution in [1.82, 2.24) is 14.1 Å². The van der Waals surface area contributed by atoms with Gasteiger partial charge in [-0.05, 0) is 96.4 Å². The number of para-hydroxylation sites is 1. The molecule has 0 N–H and O–H groups in total. The Hall–Kier alpha value is -6.03. The predicted octanol–water partition coefficient (Wildman–Crippen LogP) is 15.0. The molecule has 0 spiro atoms. The van der Waals surface area contributed by atoms with Gasteiger partial charge < -0.3 is 13.9 Å². The van der Waals surface area contributed by atoms with Crippen LogP contribution in [0, 0.1) is 18.5 Å². The number of ether oxygens (including phenoxy) is 1. The summed E-state index contributed by atoms with van der Waals surface area (Å²) in [4.78, 5) is 4.89.